The first kappa shape index (κ1) is 18.5. The Morgan fingerprint density at radius 2 is 1.67 bits per heavy atom. The normalized spacial score (nSPS) is 30.5. The van der Waals surface area contributed by atoms with E-state index in [2.05, 4.69) is 13.8 Å². The Morgan fingerprint density at radius 1 is 1.12 bits per heavy atom. The average Bonchev–Trinajstić information content (AvgIpc) is 2.44. The smallest absolute Gasteiger partial charge is 0.146 e. The third kappa shape index (κ3) is 3.34. The van der Waals surface area contributed by atoms with E-state index in [0.29, 0.717) is 5.92 Å². The highest BCUT2D eigenvalue weighted by atomic mass is 16.3. The fraction of sp³-hybridized carbons (Fsp3) is 0.550. The van der Waals surface area contributed by atoms with E-state index in [-0.39, 0.29) is 23.8 Å². The van der Waals surface area contributed by atoms with E-state index in [1.807, 2.05) is 24.3 Å². The number of carbonyl (C=O) groups is 3. The summed E-state index contributed by atoms with van der Waals surface area (Å²) < 4.78 is 0. The molecule has 0 amide bonds. The van der Waals surface area contributed by atoms with Crippen molar-refractivity contribution in [3.05, 3.63) is 35.4 Å². The summed E-state index contributed by atoms with van der Waals surface area (Å²) >= 11 is 0. The predicted molar refractivity (Wildman–Crippen MR) is 91.9 cm³/mol. The zero-order valence-electron chi connectivity index (χ0n) is 15.0. The predicted octanol–water partition coefficient (Wildman–Crippen LogP) is 3.03. The van der Waals surface area contributed by atoms with Crippen molar-refractivity contribution in [1.29, 1.82) is 0 Å². The second-order valence-corrected chi connectivity index (χ2v) is 7.52. The van der Waals surface area contributed by atoms with Crippen LogP contribution in [0.1, 0.15) is 64.0 Å². The molecular weight excluding hydrogens is 304 g/mol. The zero-order chi connectivity index (χ0) is 18.2. The maximum atomic E-state index is 12.5. The van der Waals surface area contributed by atoms with Crippen LogP contribution in [0.4, 0.5) is 0 Å². The van der Waals surface area contributed by atoms with E-state index >= 15 is 0 Å². The van der Waals surface area contributed by atoms with Crippen LogP contribution in [0.5, 0.6) is 0 Å². The van der Waals surface area contributed by atoms with Crippen molar-refractivity contribution in [2.45, 2.75) is 58.5 Å². The Hall–Kier alpha value is -1.81. The van der Waals surface area contributed by atoms with Crippen molar-refractivity contribution < 1.29 is 19.5 Å². The van der Waals surface area contributed by atoms with E-state index < -0.39 is 23.4 Å². The lowest BCUT2D eigenvalue weighted by Crippen LogP contribution is -2.53. The molecule has 0 radical (unpaired) electrons. The average molecular weight is 330 g/mol. The molecule has 0 saturated heterocycles. The van der Waals surface area contributed by atoms with Gasteiger partial charge in [0, 0.05) is 12.3 Å². The molecule has 4 heteroatoms. The molecule has 1 aromatic rings. The monoisotopic (exact) mass is 330 g/mol. The lowest BCUT2D eigenvalue weighted by molar-refractivity contribution is -0.151. The molecule has 0 heterocycles. The molecule has 130 valence electrons. The van der Waals surface area contributed by atoms with Crippen LogP contribution in [0.15, 0.2) is 24.3 Å². The third-order valence-electron chi connectivity index (χ3n) is 5.13. The zero-order valence-corrected chi connectivity index (χ0v) is 15.0. The van der Waals surface area contributed by atoms with Gasteiger partial charge in [0.2, 0.25) is 0 Å². The molecule has 0 bridgehead atoms. The van der Waals surface area contributed by atoms with Crippen molar-refractivity contribution in [3.63, 3.8) is 0 Å². The summed E-state index contributed by atoms with van der Waals surface area (Å²) in [6, 6.07) is 7.67. The second-order valence-electron chi connectivity index (χ2n) is 7.52. The summed E-state index contributed by atoms with van der Waals surface area (Å²) in [6.07, 6.45) is -0.165. The van der Waals surface area contributed by atoms with E-state index in [1.165, 1.54) is 20.8 Å². The quantitative estimate of drug-likeness (QED) is 0.861. The van der Waals surface area contributed by atoms with Crippen molar-refractivity contribution in [1.82, 2.24) is 0 Å². The molecule has 0 aliphatic heterocycles. The number of hydrogen-bond acceptors (Lipinski definition) is 4. The van der Waals surface area contributed by atoms with Crippen LogP contribution < -0.4 is 0 Å². The highest BCUT2D eigenvalue weighted by molar-refractivity contribution is 6.05. The van der Waals surface area contributed by atoms with E-state index in [9.17, 15) is 19.5 Å². The molecule has 2 rings (SSSR count). The van der Waals surface area contributed by atoms with Crippen LogP contribution in [-0.4, -0.2) is 28.1 Å². The Bertz CT molecular complexity index is 655. The van der Waals surface area contributed by atoms with Crippen LogP contribution in [0.2, 0.25) is 0 Å². The van der Waals surface area contributed by atoms with E-state index in [1.54, 1.807) is 0 Å². The first-order chi connectivity index (χ1) is 11.1. The van der Waals surface area contributed by atoms with Crippen molar-refractivity contribution in [2.24, 2.45) is 11.8 Å². The van der Waals surface area contributed by atoms with Gasteiger partial charge in [0.05, 0.1) is 17.4 Å². The lowest BCUT2D eigenvalue weighted by atomic mass is 9.60. The molecule has 1 saturated carbocycles. The minimum Gasteiger partial charge on any atom is -0.389 e. The Kier molecular flexibility index (Phi) is 5.09. The largest absolute Gasteiger partial charge is 0.389 e. The number of hydrogen-bond donors (Lipinski definition) is 1. The maximum absolute atomic E-state index is 12.5. The number of Topliss-reactive ketones (excluding diaryl/α,β-unsaturated/α-hetero) is 3. The number of ketones is 3. The SMILES string of the molecule is CC(=O)[C@H]1C(=O)C[C@@](C)(O)[C@H](C(C)=O)[C@@H]1c1ccc(C(C)C)cc1. The summed E-state index contributed by atoms with van der Waals surface area (Å²) in [6.45, 7) is 8.49. The Labute approximate surface area is 143 Å². The molecule has 1 fully saturated rings. The molecule has 1 aliphatic carbocycles. The molecule has 0 aromatic heterocycles. The molecule has 1 aliphatic rings. The highest BCUT2D eigenvalue weighted by Gasteiger charge is 2.53. The minimum atomic E-state index is -1.43. The fourth-order valence-corrected chi connectivity index (χ4v) is 4.01. The molecular formula is C20H26O4. The second kappa shape index (κ2) is 6.60. The van der Waals surface area contributed by atoms with Gasteiger partial charge in [-0.25, -0.2) is 0 Å². The standard InChI is InChI=1S/C20H26O4/c1-11(2)14-6-8-15(9-7-14)18-17(12(3)21)16(23)10-20(5,24)19(18)13(4)22/h6-9,11,17-19,24H,10H2,1-5H3/t17-,18+,19+,20+/m0/s1. The molecule has 4 atom stereocenters. The summed E-state index contributed by atoms with van der Waals surface area (Å²) in [5.41, 5.74) is 0.468. The summed E-state index contributed by atoms with van der Waals surface area (Å²) in [4.78, 5) is 36.9. The van der Waals surface area contributed by atoms with Crippen LogP contribution in [0.3, 0.4) is 0 Å². The first-order valence-electron chi connectivity index (χ1n) is 8.42. The van der Waals surface area contributed by atoms with Crippen molar-refractivity contribution in [2.75, 3.05) is 0 Å². The van der Waals surface area contributed by atoms with Crippen LogP contribution in [0, 0.1) is 11.8 Å². The van der Waals surface area contributed by atoms with Crippen LogP contribution in [0.25, 0.3) is 0 Å². The topological polar surface area (TPSA) is 71.4 Å². The fourth-order valence-electron chi connectivity index (χ4n) is 4.01. The Morgan fingerprint density at radius 3 is 2.08 bits per heavy atom. The van der Waals surface area contributed by atoms with E-state index in [0.717, 1.165) is 11.1 Å². The van der Waals surface area contributed by atoms with Gasteiger partial charge in [0.15, 0.2) is 0 Å². The maximum Gasteiger partial charge on any atom is 0.146 e. The number of aliphatic hydroxyl groups is 1. The van der Waals surface area contributed by atoms with Crippen LogP contribution in [-0.2, 0) is 14.4 Å². The van der Waals surface area contributed by atoms with Crippen molar-refractivity contribution in [3.8, 4) is 0 Å². The van der Waals surface area contributed by atoms with Crippen LogP contribution >= 0.6 is 0 Å². The highest BCUT2D eigenvalue weighted by Crippen LogP contribution is 2.46. The molecule has 0 spiro atoms. The number of carbonyl (C=O) groups excluding carboxylic acids is 3. The van der Waals surface area contributed by atoms with Gasteiger partial charge >= 0.3 is 0 Å². The van der Waals surface area contributed by atoms with Gasteiger partial charge < -0.3 is 5.11 Å². The summed E-state index contributed by atoms with van der Waals surface area (Å²) in [7, 11) is 0. The van der Waals surface area contributed by atoms with Gasteiger partial charge in [-0.2, -0.15) is 0 Å². The Balaban J connectivity index is 2.58. The van der Waals surface area contributed by atoms with Gasteiger partial charge in [-0.3, -0.25) is 14.4 Å². The lowest BCUT2D eigenvalue weighted by Gasteiger charge is -2.44. The number of rotatable bonds is 4. The van der Waals surface area contributed by atoms with Gasteiger partial charge in [0.25, 0.3) is 0 Å². The molecule has 0 unspecified atom stereocenters. The van der Waals surface area contributed by atoms with Gasteiger partial charge in [0.1, 0.15) is 17.3 Å². The van der Waals surface area contributed by atoms with Crippen molar-refractivity contribution >= 4 is 17.3 Å². The van der Waals surface area contributed by atoms with Gasteiger partial charge in [-0.1, -0.05) is 38.1 Å². The molecule has 1 aromatic carbocycles. The van der Waals surface area contributed by atoms with Gasteiger partial charge in [-0.15, -0.1) is 0 Å². The summed E-state index contributed by atoms with van der Waals surface area (Å²) in [5.74, 6) is -2.63. The summed E-state index contributed by atoms with van der Waals surface area (Å²) in [5, 5.41) is 10.7. The molecule has 1 N–H and O–H groups in total. The molecule has 24 heavy (non-hydrogen) atoms. The molecule has 4 nitrogen and oxygen atoms in total. The van der Waals surface area contributed by atoms with Gasteiger partial charge in [-0.05, 0) is 37.8 Å². The first-order valence-corrected chi connectivity index (χ1v) is 8.42. The minimum absolute atomic E-state index is 0.165. The van der Waals surface area contributed by atoms with E-state index in [4.69, 9.17) is 0 Å². The number of benzene rings is 1. The third-order valence-corrected chi connectivity index (χ3v) is 5.13.